The second-order valence-corrected chi connectivity index (χ2v) is 5.56. The van der Waals surface area contributed by atoms with E-state index in [-0.39, 0.29) is 5.91 Å². The molecule has 2 rings (SSSR count). The van der Waals surface area contributed by atoms with E-state index in [1.807, 2.05) is 24.3 Å². The van der Waals surface area contributed by atoms with Crippen LogP contribution in [0.15, 0.2) is 24.3 Å². The van der Waals surface area contributed by atoms with Crippen LogP contribution in [0.4, 0.5) is 0 Å². The minimum absolute atomic E-state index is 0.00638. The first-order chi connectivity index (χ1) is 10.3. The van der Waals surface area contributed by atoms with Gasteiger partial charge in [0.25, 0.3) is 5.91 Å². The molecular weight excluding hydrogens is 264 g/mol. The number of carbonyl (C=O) groups excluding carboxylic acids is 1. The van der Waals surface area contributed by atoms with Gasteiger partial charge in [0.05, 0.1) is 6.61 Å². The predicted octanol–water partition coefficient (Wildman–Crippen LogP) is 2.74. The Morgan fingerprint density at radius 3 is 2.86 bits per heavy atom. The summed E-state index contributed by atoms with van der Waals surface area (Å²) in [6.45, 7) is 4.71. The molecule has 116 valence electrons. The summed E-state index contributed by atoms with van der Waals surface area (Å²) in [5.41, 5.74) is 0.692. The van der Waals surface area contributed by atoms with Gasteiger partial charge in [0.15, 0.2) is 0 Å². The molecular formula is C17H26N2O2. The van der Waals surface area contributed by atoms with Crippen molar-refractivity contribution in [2.24, 2.45) is 0 Å². The molecule has 1 aliphatic rings. The van der Waals surface area contributed by atoms with Crippen molar-refractivity contribution in [3.8, 4) is 5.75 Å². The number of carbonyl (C=O) groups is 1. The van der Waals surface area contributed by atoms with Crippen LogP contribution in [0.1, 0.15) is 49.4 Å². The van der Waals surface area contributed by atoms with E-state index in [9.17, 15) is 4.79 Å². The van der Waals surface area contributed by atoms with E-state index >= 15 is 0 Å². The Bertz CT molecular complexity index is 425. The van der Waals surface area contributed by atoms with Crippen LogP contribution in [0, 0.1) is 0 Å². The highest BCUT2D eigenvalue weighted by Crippen LogP contribution is 2.13. The van der Waals surface area contributed by atoms with E-state index in [1.165, 1.54) is 12.8 Å². The lowest BCUT2D eigenvalue weighted by atomic mass is 10.1. The Morgan fingerprint density at radius 2 is 2.19 bits per heavy atom. The van der Waals surface area contributed by atoms with Crippen molar-refractivity contribution in [3.05, 3.63) is 29.8 Å². The van der Waals surface area contributed by atoms with Crippen LogP contribution in [0.2, 0.25) is 0 Å². The molecule has 1 aromatic rings. The molecule has 0 aromatic heterocycles. The summed E-state index contributed by atoms with van der Waals surface area (Å²) in [5.74, 6) is 0.822. The zero-order chi connectivity index (χ0) is 14.9. The summed E-state index contributed by atoms with van der Waals surface area (Å²) in [6, 6.07) is 7.95. The third-order valence-electron chi connectivity index (χ3n) is 3.82. The maximum atomic E-state index is 12.0. The lowest BCUT2D eigenvalue weighted by Crippen LogP contribution is -2.30. The molecule has 1 aromatic carbocycles. The highest BCUT2D eigenvalue weighted by Gasteiger charge is 2.13. The molecule has 1 fully saturated rings. The molecule has 1 saturated heterocycles. The van der Waals surface area contributed by atoms with E-state index < -0.39 is 0 Å². The smallest absolute Gasteiger partial charge is 0.251 e. The van der Waals surface area contributed by atoms with Crippen molar-refractivity contribution < 1.29 is 9.53 Å². The molecule has 1 heterocycles. The molecule has 1 aliphatic heterocycles. The summed E-state index contributed by atoms with van der Waals surface area (Å²) in [5, 5.41) is 6.41. The van der Waals surface area contributed by atoms with Crippen molar-refractivity contribution in [2.45, 2.75) is 45.1 Å². The van der Waals surface area contributed by atoms with Gasteiger partial charge in [-0.25, -0.2) is 0 Å². The van der Waals surface area contributed by atoms with Crippen LogP contribution in [0.5, 0.6) is 5.75 Å². The van der Waals surface area contributed by atoms with Gasteiger partial charge >= 0.3 is 0 Å². The fourth-order valence-corrected chi connectivity index (χ4v) is 2.50. The Morgan fingerprint density at radius 1 is 1.38 bits per heavy atom. The van der Waals surface area contributed by atoms with Crippen LogP contribution in [0.25, 0.3) is 0 Å². The average molecular weight is 290 g/mol. The monoisotopic (exact) mass is 290 g/mol. The Hall–Kier alpha value is -1.55. The van der Waals surface area contributed by atoms with Crippen molar-refractivity contribution in [1.29, 1.82) is 0 Å². The summed E-state index contributed by atoms with van der Waals surface area (Å²) in [4.78, 5) is 12.0. The van der Waals surface area contributed by atoms with Gasteiger partial charge < -0.3 is 15.4 Å². The van der Waals surface area contributed by atoms with Gasteiger partial charge in [-0.05, 0) is 56.5 Å². The van der Waals surface area contributed by atoms with Crippen molar-refractivity contribution in [3.63, 3.8) is 0 Å². The highest BCUT2D eigenvalue weighted by atomic mass is 16.5. The zero-order valence-electron chi connectivity index (χ0n) is 12.9. The number of amides is 1. The Labute approximate surface area is 127 Å². The molecule has 0 bridgehead atoms. The molecule has 4 nitrogen and oxygen atoms in total. The van der Waals surface area contributed by atoms with E-state index in [0.29, 0.717) is 11.6 Å². The highest BCUT2D eigenvalue weighted by molar-refractivity contribution is 5.94. The van der Waals surface area contributed by atoms with Crippen molar-refractivity contribution in [2.75, 3.05) is 19.7 Å². The van der Waals surface area contributed by atoms with Gasteiger partial charge in [-0.15, -0.1) is 0 Å². The maximum Gasteiger partial charge on any atom is 0.251 e. The molecule has 1 amide bonds. The molecule has 1 atom stereocenters. The molecule has 0 radical (unpaired) electrons. The van der Waals surface area contributed by atoms with E-state index in [0.717, 1.165) is 44.7 Å². The number of unbranched alkanes of at least 4 members (excludes halogenated alkanes) is 1. The number of rotatable bonds is 8. The van der Waals surface area contributed by atoms with Crippen LogP contribution in [-0.4, -0.2) is 31.6 Å². The van der Waals surface area contributed by atoms with E-state index in [2.05, 4.69) is 17.6 Å². The van der Waals surface area contributed by atoms with Crippen LogP contribution in [-0.2, 0) is 0 Å². The number of ether oxygens (including phenoxy) is 1. The van der Waals surface area contributed by atoms with Gasteiger partial charge in [0.1, 0.15) is 5.75 Å². The predicted molar refractivity (Wildman–Crippen MR) is 84.8 cm³/mol. The summed E-state index contributed by atoms with van der Waals surface area (Å²) in [6.07, 6.45) is 5.65. The molecule has 21 heavy (non-hydrogen) atoms. The van der Waals surface area contributed by atoms with Crippen molar-refractivity contribution in [1.82, 2.24) is 10.6 Å². The second-order valence-electron chi connectivity index (χ2n) is 5.56. The van der Waals surface area contributed by atoms with E-state index in [4.69, 9.17) is 4.74 Å². The van der Waals surface area contributed by atoms with Crippen LogP contribution < -0.4 is 15.4 Å². The summed E-state index contributed by atoms with van der Waals surface area (Å²) >= 11 is 0. The quantitative estimate of drug-likeness (QED) is 0.724. The number of nitrogens with one attached hydrogen (secondary N) is 2. The number of hydrogen-bond donors (Lipinski definition) is 2. The van der Waals surface area contributed by atoms with E-state index in [1.54, 1.807) is 0 Å². The molecule has 0 saturated carbocycles. The Kier molecular flexibility index (Phi) is 6.54. The van der Waals surface area contributed by atoms with Crippen LogP contribution >= 0.6 is 0 Å². The molecule has 0 aliphatic carbocycles. The van der Waals surface area contributed by atoms with Gasteiger partial charge in [-0.3, -0.25) is 4.79 Å². The first-order valence-corrected chi connectivity index (χ1v) is 8.04. The SMILES string of the molecule is CCCCOc1ccc(C(=O)NCC[C@H]2CCCN2)cc1. The topological polar surface area (TPSA) is 50.4 Å². The normalized spacial score (nSPS) is 17.7. The second kappa shape index (κ2) is 8.67. The largest absolute Gasteiger partial charge is 0.494 e. The average Bonchev–Trinajstić information content (AvgIpc) is 3.01. The number of hydrogen-bond acceptors (Lipinski definition) is 3. The minimum Gasteiger partial charge on any atom is -0.494 e. The molecule has 4 heteroatoms. The lowest BCUT2D eigenvalue weighted by molar-refractivity contribution is 0.0952. The lowest BCUT2D eigenvalue weighted by Gasteiger charge is -2.11. The van der Waals surface area contributed by atoms with Crippen molar-refractivity contribution >= 4 is 5.91 Å². The standard InChI is InChI=1S/C17H26N2O2/c1-2-3-13-21-16-8-6-14(7-9-16)17(20)19-12-10-15-5-4-11-18-15/h6-9,15,18H,2-5,10-13H2,1H3,(H,19,20)/t15-/m1/s1. The molecule has 0 spiro atoms. The fourth-order valence-electron chi connectivity index (χ4n) is 2.50. The first-order valence-electron chi connectivity index (χ1n) is 8.04. The Balaban J connectivity index is 1.71. The zero-order valence-corrected chi connectivity index (χ0v) is 12.9. The third kappa shape index (κ3) is 5.38. The maximum absolute atomic E-state index is 12.0. The molecule has 2 N–H and O–H groups in total. The van der Waals surface area contributed by atoms with Gasteiger partial charge in [0, 0.05) is 18.2 Å². The van der Waals surface area contributed by atoms with Gasteiger partial charge in [-0.2, -0.15) is 0 Å². The van der Waals surface area contributed by atoms with Gasteiger partial charge in [0.2, 0.25) is 0 Å². The molecule has 0 unspecified atom stereocenters. The fraction of sp³-hybridized carbons (Fsp3) is 0.588. The summed E-state index contributed by atoms with van der Waals surface area (Å²) in [7, 11) is 0. The summed E-state index contributed by atoms with van der Waals surface area (Å²) < 4.78 is 5.59. The first kappa shape index (κ1) is 15.8. The third-order valence-corrected chi connectivity index (χ3v) is 3.82. The van der Waals surface area contributed by atoms with Gasteiger partial charge in [-0.1, -0.05) is 13.3 Å². The minimum atomic E-state index is -0.00638. The number of benzene rings is 1. The van der Waals surface area contributed by atoms with Crippen LogP contribution in [0.3, 0.4) is 0 Å².